The van der Waals surface area contributed by atoms with Gasteiger partial charge in [0.05, 0.1) is 19.3 Å². The molecule has 0 aliphatic carbocycles. The molecule has 0 N–H and O–H groups in total. The summed E-state index contributed by atoms with van der Waals surface area (Å²) in [4.78, 5) is 0. The molecule has 2 unspecified atom stereocenters. The molecular formula is C31H33F3O2. The van der Waals surface area contributed by atoms with Crippen molar-refractivity contribution in [2.75, 3.05) is 13.2 Å². The molecule has 0 bridgehead atoms. The van der Waals surface area contributed by atoms with Crippen molar-refractivity contribution in [2.45, 2.75) is 58.0 Å². The summed E-state index contributed by atoms with van der Waals surface area (Å²) in [6.45, 7) is 4.85. The van der Waals surface area contributed by atoms with Gasteiger partial charge in [0.15, 0.2) is 11.6 Å². The highest BCUT2D eigenvalue weighted by molar-refractivity contribution is 5.71. The van der Waals surface area contributed by atoms with Crippen LogP contribution in [0.2, 0.25) is 0 Å². The largest absolute Gasteiger partial charge is 0.490 e. The van der Waals surface area contributed by atoms with Crippen LogP contribution in [0.3, 0.4) is 0 Å². The van der Waals surface area contributed by atoms with Crippen molar-refractivity contribution in [1.82, 2.24) is 0 Å². The zero-order chi connectivity index (χ0) is 25.5. The van der Waals surface area contributed by atoms with E-state index in [9.17, 15) is 8.78 Å². The molecule has 3 aromatic carbocycles. The van der Waals surface area contributed by atoms with Gasteiger partial charge in [-0.1, -0.05) is 55.5 Å². The van der Waals surface area contributed by atoms with Gasteiger partial charge in [-0.3, -0.25) is 0 Å². The lowest BCUT2D eigenvalue weighted by Crippen LogP contribution is -2.24. The van der Waals surface area contributed by atoms with Crippen LogP contribution in [0.25, 0.3) is 22.3 Å². The Hall–Kier alpha value is -3.05. The first-order valence-corrected chi connectivity index (χ1v) is 12.8. The number of hydrogen-bond acceptors (Lipinski definition) is 2. The molecule has 4 rings (SSSR count). The Kier molecular flexibility index (Phi) is 8.87. The zero-order valence-corrected chi connectivity index (χ0v) is 20.9. The third-order valence-electron chi connectivity index (χ3n) is 6.74. The van der Waals surface area contributed by atoms with Gasteiger partial charge in [-0.05, 0) is 73.9 Å². The van der Waals surface area contributed by atoms with E-state index in [2.05, 4.69) is 12.2 Å². The predicted molar refractivity (Wildman–Crippen MR) is 139 cm³/mol. The Morgan fingerprint density at radius 1 is 0.917 bits per heavy atom. The molecule has 1 heterocycles. The summed E-state index contributed by atoms with van der Waals surface area (Å²) >= 11 is 0. The average molecular weight is 495 g/mol. The molecule has 1 aliphatic heterocycles. The molecule has 2 atom stereocenters. The summed E-state index contributed by atoms with van der Waals surface area (Å²) in [5.41, 5.74) is 2.75. The summed E-state index contributed by atoms with van der Waals surface area (Å²) < 4.78 is 55.4. The molecule has 36 heavy (non-hydrogen) atoms. The minimum absolute atomic E-state index is 0.0931. The molecule has 0 radical (unpaired) electrons. The average Bonchev–Trinajstić information content (AvgIpc) is 2.90. The van der Waals surface area contributed by atoms with Crippen LogP contribution in [0.4, 0.5) is 13.2 Å². The fraction of sp³-hybridized carbons (Fsp3) is 0.355. The summed E-state index contributed by atoms with van der Waals surface area (Å²) in [6.07, 6.45) is 9.20. The highest BCUT2D eigenvalue weighted by Gasteiger charge is 2.23. The van der Waals surface area contributed by atoms with Crippen molar-refractivity contribution in [1.29, 1.82) is 0 Å². The van der Waals surface area contributed by atoms with Gasteiger partial charge in [0, 0.05) is 17.0 Å². The fourth-order valence-electron chi connectivity index (χ4n) is 4.67. The fourth-order valence-corrected chi connectivity index (χ4v) is 4.67. The number of benzene rings is 3. The van der Waals surface area contributed by atoms with Crippen molar-refractivity contribution in [3.05, 3.63) is 89.8 Å². The Morgan fingerprint density at radius 2 is 1.64 bits per heavy atom. The lowest BCUT2D eigenvalue weighted by Gasteiger charge is -2.29. The summed E-state index contributed by atoms with van der Waals surface area (Å²) in [6, 6.07) is 15.1. The monoisotopic (exact) mass is 494 g/mol. The first-order chi connectivity index (χ1) is 17.5. The molecule has 1 aliphatic rings. The summed E-state index contributed by atoms with van der Waals surface area (Å²) in [5, 5.41) is 0. The normalized spacial score (nSPS) is 18.0. The molecule has 0 spiro atoms. The van der Waals surface area contributed by atoms with Crippen LogP contribution >= 0.6 is 0 Å². The third kappa shape index (κ3) is 6.01. The van der Waals surface area contributed by atoms with Crippen molar-refractivity contribution in [3.8, 4) is 28.0 Å². The van der Waals surface area contributed by atoms with Gasteiger partial charge in [0.1, 0.15) is 5.82 Å². The van der Waals surface area contributed by atoms with Crippen LogP contribution < -0.4 is 4.74 Å². The van der Waals surface area contributed by atoms with Gasteiger partial charge in [-0.15, -0.1) is 0 Å². The SMILES string of the molecule is CC=CCCC1CCC(c2ccc(-c3ccc(-c4ccc(OCCC)c(F)c4F)cc3)c(F)c2)CO1. The van der Waals surface area contributed by atoms with Gasteiger partial charge in [0.25, 0.3) is 0 Å². The lowest BCUT2D eigenvalue weighted by molar-refractivity contribution is -0.000225. The van der Waals surface area contributed by atoms with E-state index in [-0.39, 0.29) is 29.2 Å². The van der Waals surface area contributed by atoms with Crippen LogP contribution in [-0.2, 0) is 4.74 Å². The molecule has 1 fully saturated rings. The maximum absolute atomic E-state index is 15.1. The number of ether oxygens (including phenoxy) is 2. The van der Waals surface area contributed by atoms with E-state index in [0.717, 1.165) is 31.2 Å². The van der Waals surface area contributed by atoms with Crippen LogP contribution in [0.5, 0.6) is 5.75 Å². The van der Waals surface area contributed by atoms with E-state index in [0.29, 0.717) is 36.3 Å². The highest BCUT2D eigenvalue weighted by Crippen LogP contribution is 2.34. The second-order valence-electron chi connectivity index (χ2n) is 9.28. The predicted octanol–water partition coefficient (Wildman–Crippen LogP) is 8.85. The van der Waals surface area contributed by atoms with E-state index in [4.69, 9.17) is 9.47 Å². The number of rotatable bonds is 9. The maximum Gasteiger partial charge on any atom is 0.201 e. The van der Waals surface area contributed by atoms with Crippen molar-refractivity contribution >= 4 is 0 Å². The molecule has 0 aromatic heterocycles. The highest BCUT2D eigenvalue weighted by atomic mass is 19.2. The standard InChI is InChI=1S/C31H33F3O2/c1-3-5-6-7-25-14-12-24(20-36-25)23-13-15-26(28(32)19-23)21-8-10-22(11-9-21)27-16-17-29(35-18-4-2)31(34)30(27)33/h3,5,8-11,13,15-17,19,24-25H,4,6-7,12,14,18,20H2,1-2H3. The van der Waals surface area contributed by atoms with E-state index in [1.54, 1.807) is 36.4 Å². The van der Waals surface area contributed by atoms with Crippen molar-refractivity contribution < 1.29 is 22.6 Å². The second-order valence-corrected chi connectivity index (χ2v) is 9.28. The smallest absolute Gasteiger partial charge is 0.201 e. The van der Waals surface area contributed by atoms with Crippen LogP contribution in [0.15, 0.2) is 66.7 Å². The van der Waals surface area contributed by atoms with Gasteiger partial charge < -0.3 is 9.47 Å². The van der Waals surface area contributed by atoms with Crippen molar-refractivity contribution in [3.63, 3.8) is 0 Å². The molecule has 1 saturated heterocycles. The maximum atomic E-state index is 15.1. The minimum atomic E-state index is -0.998. The van der Waals surface area contributed by atoms with Crippen LogP contribution in [-0.4, -0.2) is 19.3 Å². The number of halogens is 3. The second kappa shape index (κ2) is 12.3. The zero-order valence-electron chi connectivity index (χ0n) is 20.9. The third-order valence-corrected chi connectivity index (χ3v) is 6.74. The molecule has 0 saturated carbocycles. The Morgan fingerprint density at radius 3 is 2.28 bits per heavy atom. The summed E-state index contributed by atoms with van der Waals surface area (Å²) in [7, 11) is 0. The van der Waals surface area contributed by atoms with Crippen LogP contribution in [0, 0.1) is 17.5 Å². The molecule has 2 nitrogen and oxygen atoms in total. The molecule has 0 amide bonds. The first kappa shape index (κ1) is 26.0. The van der Waals surface area contributed by atoms with Gasteiger partial charge in [-0.25, -0.2) is 8.78 Å². The summed E-state index contributed by atoms with van der Waals surface area (Å²) in [5.74, 6) is -2.15. The van der Waals surface area contributed by atoms with E-state index in [1.165, 1.54) is 12.1 Å². The van der Waals surface area contributed by atoms with E-state index < -0.39 is 11.6 Å². The molecular weight excluding hydrogens is 461 g/mol. The topological polar surface area (TPSA) is 18.5 Å². The Labute approximate surface area is 211 Å². The minimum Gasteiger partial charge on any atom is -0.490 e. The van der Waals surface area contributed by atoms with Crippen molar-refractivity contribution in [2.24, 2.45) is 0 Å². The quantitative estimate of drug-likeness (QED) is 0.277. The number of hydrogen-bond donors (Lipinski definition) is 0. The molecule has 3 aromatic rings. The molecule has 5 heteroatoms. The lowest BCUT2D eigenvalue weighted by atomic mass is 9.89. The van der Waals surface area contributed by atoms with Gasteiger partial charge >= 0.3 is 0 Å². The Balaban J connectivity index is 1.45. The Bertz CT molecular complexity index is 1180. The molecule has 190 valence electrons. The van der Waals surface area contributed by atoms with Gasteiger partial charge in [-0.2, -0.15) is 4.39 Å². The first-order valence-electron chi connectivity index (χ1n) is 12.8. The number of allylic oxidation sites excluding steroid dienone is 2. The van der Waals surface area contributed by atoms with Crippen LogP contribution in [0.1, 0.15) is 57.4 Å². The van der Waals surface area contributed by atoms with E-state index in [1.807, 2.05) is 19.9 Å². The van der Waals surface area contributed by atoms with E-state index >= 15 is 4.39 Å². The van der Waals surface area contributed by atoms with Gasteiger partial charge in [0.2, 0.25) is 5.82 Å².